The molecular formula is C8H16N2. The van der Waals surface area contributed by atoms with Gasteiger partial charge in [-0.05, 0) is 20.3 Å². The summed E-state index contributed by atoms with van der Waals surface area (Å²) in [6.07, 6.45) is 1.08. The molecule has 0 aromatic rings. The monoisotopic (exact) mass is 140 g/mol. The first-order valence-electron chi connectivity index (χ1n) is 4.03. The van der Waals surface area contributed by atoms with Gasteiger partial charge < -0.3 is 5.32 Å². The number of nitrogens with one attached hydrogen (secondary N) is 1. The minimum Gasteiger partial charge on any atom is -0.305 e. The third-order valence-electron chi connectivity index (χ3n) is 1.96. The zero-order valence-corrected chi connectivity index (χ0v) is 7.02. The van der Waals surface area contributed by atoms with Crippen LogP contribution in [0.15, 0.2) is 4.99 Å². The molecule has 2 heteroatoms. The molecule has 0 bridgehead atoms. The van der Waals surface area contributed by atoms with E-state index in [4.69, 9.17) is 0 Å². The highest BCUT2D eigenvalue weighted by atomic mass is 15.0. The number of aliphatic imine (C=N–C) groups is 1. The van der Waals surface area contributed by atoms with Crippen LogP contribution in [0.3, 0.4) is 0 Å². The van der Waals surface area contributed by atoms with Gasteiger partial charge in [0.05, 0.1) is 6.54 Å². The first-order chi connectivity index (χ1) is 4.74. The number of hydrogen-bond acceptors (Lipinski definition) is 2. The van der Waals surface area contributed by atoms with Crippen LogP contribution in [0.2, 0.25) is 0 Å². The first kappa shape index (κ1) is 7.73. The lowest BCUT2D eigenvalue weighted by Crippen LogP contribution is -2.45. The first-order valence-corrected chi connectivity index (χ1v) is 4.03. The summed E-state index contributed by atoms with van der Waals surface area (Å²) in [6.45, 7) is 7.46. The highest BCUT2D eigenvalue weighted by molar-refractivity contribution is 5.89. The fourth-order valence-corrected chi connectivity index (χ4v) is 1.38. The summed E-state index contributed by atoms with van der Waals surface area (Å²) in [5.74, 6) is 0. The van der Waals surface area contributed by atoms with E-state index in [1.165, 1.54) is 5.71 Å². The predicted octanol–water partition coefficient (Wildman–Crippen LogP) is 1.22. The summed E-state index contributed by atoms with van der Waals surface area (Å²) < 4.78 is 0. The Labute approximate surface area is 62.7 Å². The molecule has 1 aliphatic heterocycles. The van der Waals surface area contributed by atoms with Crippen molar-refractivity contribution >= 4 is 5.71 Å². The second-order valence-corrected chi connectivity index (χ2v) is 2.97. The lowest BCUT2D eigenvalue weighted by Gasteiger charge is -2.25. The molecule has 0 aromatic carbocycles. The Morgan fingerprint density at radius 1 is 1.60 bits per heavy atom. The largest absolute Gasteiger partial charge is 0.305 e. The Kier molecular flexibility index (Phi) is 2.44. The van der Waals surface area contributed by atoms with Crippen LogP contribution in [0.1, 0.15) is 27.2 Å². The van der Waals surface area contributed by atoms with E-state index in [-0.39, 0.29) is 0 Å². The molecule has 0 aromatic heterocycles. The quantitative estimate of drug-likeness (QED) is 0.582. The van der Waals surface area contributed by atoms with Gasteiger partial charge in [-0.3, -0.25) is 4.99 Å². The minimum atomic E-state index is 0.494. The fourth-order valence-electron chi connectivity index (χ4n) is 1.38. The Balaban J connectivity index is 2.57. The lowest BCUT2D eigenvalue weighted by molar-refractivity contribution is 0.510. The predicted molar refractivity (Wildman–Crippen MR) is 44.7 cm³/mol. The molecule has 58 valence electrons. The van der Waals surface area contributed by atoms with E-state index in [2.05, 4.69) is 31.1 Å². The van der Waals surface area contributed by atoms with Crippen LogP contribution in [0.5, 0.6) is 0 Å². The van der Waals surface area contributed by atoms with Gasteiger partial charge in [-0.2, -0.15) is 0 Å². The number of hydrogen-bond donors (Lipinski definition) is 1. The Morgan fingerprint density at radius 3 is 2.80 bits per heavy atom. The summed E-state index contributed by atoms with van der Waals surface area (Å²) in [4.78, 5) is 4.46. The molecule has 2 unspecified atom stereocenters. The van der Waals surface area contributed by atoms with Crippen molar-refractivity contribution in [3.05, 3.63) is 0 Å². The molecule has 0 fully saturated rings. The average molecular weight is 140 g/mol. The summed E-state index contributed by atoms with van der Waals surface area (Å²) >= 11 is 0. The molecule has 2 atom stereocenters. The van der Waals surface area contributed by atoms with Crippen LogP contribution < -0.4 is 5.32 Å². The molecule has 0 saturated heterocycles. The maximum absolute atomic E-state index is 4.46. The van der Waals surface area contributed by atoms with E-state index in [1.807, 2.05) is 0 Å². The highest BCUT2D eigenvalue weighted by Crippen LogP contribution is 2.02. The second kappa shape index (κ2) is 3.15. The van der Waals surface area contributed by atoms with Gasteiger partial charge in [-0.25, -0.2) is 0 Å². The minimum absolute atomic E-state index is 0.494. The summed E-state index contributed by atoms with van der Waals surface area (Å²) in [5, 5.41) is 3.45. The second-order valence-electron chi connectivity index (χ2n) is 2.97. The molecule has 10 heavy (non-hydrogen) atoms. The molecule has 0 amide bonds. The van der Waals surface area contributed by atoms with Crippen LogP contribution >= 0.6 is 0 Å². The lowest BCUT2D eigenvalue weighted by atomic mass is 10.1. The maximum Gasteiger partial charge on any atom is 0.0540 e. The average Bonchev–Trinajstić information content (AvgIpc) is 1.88. The molecular weight excluding hydrogens is 124 g/mol. The number of rotatable bonds is 1. The SMILES string of the molecule is CCC1=NCC(C)NC1C. The zero-order chi connectivity index (χ0) is 7.56. The third-order valence-corrected chi connectivity index (χ3v) is 1.96. The summed E-state index contributed by atoms with van der Waals surface area (Å²) in [6, 6.07) is 1.05. The molecule has 0 radical (unpaired) electrons. The molecule has 0 aliphatic carbocycles. The van der Waals surface area contributed by atoms with Gasteiger partial charge in [0.25, 0.3) is 0 Å². The Hall–Kier alpha value is -0.370. The van der Waals surface area contributed by atoms with Crippen molar-refractivity contribution < 1.29 is 0 Å². The van der Waals surface area contributed by atoms with E-state index in [9.17, 15) is 0 Å². The van der Waals surface area contributed by atoms with Crippen molar-refractivity contribution in [2.75, 3.05) is 6.54 Å². The topological polar surface area (TPSA) is 24.4 Å². The van der Waals surface area contributed by atoms with Crippen LogP contribution in [-0.2, 0) is 0 Å². The van der Waals surface area contributed by atoms with E-state index in [0.717, 1.165) is 13.0 Å². The van der Waals surface area contributed by atoms with Crippen molar-refractivity contribution in [3.8, 4) is 0 Å². The third kappa shape index (κ3) is 1.57. The van der Waals surface area contributed by atoms with Crippen LogP contribution in [0, 0.1) is 0 Å². The van der Waals surface area contributed by atoms with E-state index < -0.39 is 0 Å². The number of nitrogens with zero attached hydrogens (tertiary/aromatic N) is 1. The zero-order valence-electron chi connectivity index (χ0n) is 7.02. The van der Waals surface area contributed by atoms with Crippen LogP contribution in [0.25, 0.3) is 0 Å². The standard InChI is InChI=1S/C8H16N2/c1-4-8-7(3)10-6(2)5-9-8/h6-7,10H,4-5H2,1-3H3. The Morgan fingerprint density at radius 2 is 2.30 bits per heavy atom. The van der Waals surface area contributed by atoms with Crippen LogP contribution in [0.4, 0.5) is 0 Å². The molecule has 0 spiro atoms. The van der Waals surface area contributed by atoms with Crippen molar-refractivity contribution in [2.24, 2.45) is 4.99 Å². The molecule has 1 heterocycles. The van der Waals surface area contributed by atoms with Crippen molar-refractivity contribution in [2.45, 2.75) is 39.3 Å². The normalized spacial score (nSPS) is 33.7. The summed E-state index contributed by atoms with van der Waals surface area (Å²) in [5.41, 5.74) is 1.32. The van der Waals surface area contributed by atoms with E-state index in [1.54, 1.807) is 0 Å². The van der Waals surface area contributed by atoms with Gasteiger partial charge in [0, 0.05) is 17.8 Å². The van der Waals surface area contributed by atoms with Crippen LogP contribution in [-0.4, -0.2) is 24.3 Å². The summed E-state index contributed by atoms with van der Waals surface area (Å²) in [7, 11) is 0. The van der Waals surface area contributed by atoms with Gasteiger partial charge in [-0.15, -0.1) is 0 Å². The van der Waals surface area contributed by atoms with E-state index in [0.29, 0.717) is 12.1 Å². The fraction of sp³-hybridized carbons (Fsp3) is 0.875. The van der Waals surface area contributed by atoms with Crippen molar-refractivity contribution in [3.63, 3.8) is 0 Å². The van der Waals surface area contributed by atoms with Gasteiger partial charge >= 0.3 is 0 Å². The Bertz CT molecular complexity index is 140. The molecule has 1 rings (SSSR count). The smallest absolute Gasteiger partial charge is 0.0540 e. The van der Waals surface area contributed by atoms with Gasteiger partial charge in [0.2, 0.25) is 0 Å². The van der Waals surface area contributed by atoms with E-state index >= 15 is 0 Å². The van der Waals surface area contributed by atoms with Gasteiger partial charge in [-0.1, -0.05) is 6.92 Å². The molecule has 2 nitrogen and oxygen atoms in total. The van der Waals surface area contributed by atoms with Crippen molar-refractivity contribution in [1.82, 2.24) is 5.32 Å². The highest BCUT2D eigenvalue weighted by Gasteiger charge is 2.15. The molecule has 0 saturated carbocycles. The maximum atomic E-state index is 4.46. The molecule has 1 N–H and O–H groups in total. The van der Waals surface area contributed by atoms with Gasteiger partial charge in [0.15, 0.2) is 0 Å². The van der Waals surface area contributed by atoms with Gasteiger partial charge in [0.1, 0.15) is 0 Å². The molecule has 1 aliphatic rings. The van der Waals surface area contributed by atoms with Crippen molar-refractivity contribution in [1.29, 1.82) is 0 Å².